The number of nitrogens with one attached hydrogen (secondary N) is 1. The normalized spacial score (nSPS) is 11.6. The van der Waals surface area contributed by atoms with E-state index in [-0.39, 0.29) is 17.2 Å². The Morgan fingerprint density at radius 3 is 2.54 bits per heavy atom. The van der Waals surface area contributed by atoms with Gasteiger partial charge in [-0.15, -0.1) is 11.3 Å². The van der Waals surface area contributed by atoms with Crippen LogP contribution in [0.15, 0.2) is 58.8 Å². The molecule has 6 nitrogen and oxygen atoms in total. The number of amides is 1. The van der Waals surface area contributed by atoms with Crippen LogP contribution in [0.3, 0.4) is 0 Å². The van der Waals surface area contributed by atoms with Gasteiger partial charge in [0.25, 0.3) is 0 Å². The van der Waals surface area contributed by atoms with Crippen LogP contribution in [0.2, 0.25) is 0 Å². The number of benzene rings is 2. The number of anilines is 1. The number of carbonyl (C=O) groups is 1. The maximum atomic E-state index is 12.5. The van der Waals surface area contributed by atoms with Crippen LogP contribution < -0.4 is 5.32 Å². The molecule has 0 fully saturated rings. The van der Waals surface area contributed by atoms with Gasteiger partial charge in [-0.05, 0) is 24.6 Å². The summed E-state index contributed by atoms with van der Waals surface area (Å²) >= 11 is 1.49. The molecule has 146 valence electrons. The molecule has 0 aliphatic carbocycles. The lowest BCUT2D eigenvalue weighted by atomic mass is 10.2. The van der Waals surface area contributed by atoms with Crippen molar-refractivity contribution in [3.63, 3.8) is 0 Å². The maximum absolute atomic E-state index is 12.5. The minimum absolute atomic E-state index is 0.118. The lowest BCUT2D eigenvalue weighted by Gasteiger charge is -2.14. The number of carbonyl (C=O) groups excluding carboxylic acids is 1. The molecule has 0 spiro atoms. The SMILES string of the molecule is Cc1ccc(S(=O)(=O)N(C)C)cc1NC(=O)Cc1csc(-c2ccccc2)n1. The Kier molecular flexibility index (Phi) is 5.93. The largest absolute Gasteiger partial charge is 0.325 e. The molecule has 0 unspecified atom stereocenters. The van der Waals surface area contributed by atoms with Crippen LogP contribution >= 0.6 is 11.3 Å². The molecule has 1 N–H and O–H groups in total. The fourth-order valence-electron chi connectivity index (χ4n) is 2.57. The van der Waals surface area contributed by atoms with Gasteiger partial charge in [0.05, 0.1) is 17.0 Å². The van der Waals surface area contributed by atoms with Crippen LogP contribution in [0, 0.1) is 6.92 Å². The number of thiazole rings is 1. The molecule has 2 aromatic carbocycles. The van der Waals surface area contributed by atoms with Crippen molar-refractivity contribution in [2.45, 2.75) is 18.2 Å². The molecule has 28 heavy (non-hydrogen) atoms. The highest BCUT2D eigenvalue weighted by molar-refractivity contribution is 7.89. The fourth-order valence-corrected chi connectivity index (χ4v) is 4.32. The highest BCUT2D eigenvalue weighted by Crippen LogP contribution is 2.25. The van der Waals surface area contributed by atoms with Crippen LogP contribution in [0.25, 0.3) is 10.6 Å². The van der Waals surface area contributed by atoms with Crippen LogP contribution in [0.5, 0.6) is 0 Å². The topological polar surface area (TPSA) is 79.4 Å². The minimum Gasteiger partial charge on any atom is -0.325 e. The molecule has 0 aliphatic heterocycles. The van der Waals surface area contributed by atoms with E-state index < -0.39 is 10.0 Å². The Bertz CT molecular complexity index is 1090. The first-order valence-corrected chi connectivity index (χ1v) is 10.9. The number of aromatic nitrogens is 1. The van der Waals surface area contributed by atoms with E-state index in [0.717, 1.165) is 20.4 Å². The lowest BCUT2D eigenvalue weighted by molar-refractivity contribution is -0.115. The van der Waals surface area contributed by atoms with Gasteiger partial charge in [0, 0.05) is 30.7 Å². The van der Waals surface area contributed by atoms with Gasteiger partial charge in [0.2, 0.25) is 15.9 Å². The highest BCUT2D eigenvalue weighted by atomic mass is 32.2. The first-order valence-electron chi connectivity index (χ1n) is 8.60. The van der Waals surface area contributed by atoms with Crippen molar-refractivity contribution in [1.29, 1.82) is 0 Å². The Morgan fingerprint density at radius 1 is 1.14 bits per heavy atom. The maximum Gasteiger partial charge on any atom is 0.242 e. The summed E-state index contributed by atoms with van der Waals surface area (Å²) in [5.74, 6) is -0.243. The van der Waals surface area contributed by atoms with Crippen LogP contribution in [0.1, 0.15) is 11.3 Å². The van der Waals surface area contributed by atoms with E-state index in [1.165, 1.54) is 37.6 Å². The third-order valence-electron chi connectivity index (χ3n) is 4.18. The van der Waals surface area contributed by atoms with Gasteiger partial charge in [0.15, 0.2) is 0 Å². The second kappa shape index (κ2) is 8.22. The number of rotatable bonds is 6. The first kappa shape index (κ1) is 20.2. The van der Waals surface area contributed by atoms with Crippen molar-refractivity contribution >= 4 is 33.0 Å². The standard InChI is InChI=1S/C20H21N3O3S2/c1-14-9-10-17(28(25,26)23(2)3)12-18(14)22-19(24)11-16-13-27-20(21-16)15-7-5-4-6-8-15/h4-10,12-13H,11H2,1-3H3,(H,22,24). The molecule has 1 heterocycles. The number of hydrogen-bond acceptors (Lipinski definition) is 5. The second-order valence-electron chi connectivity index (χ2n) is 6.50. The molecule has 0 saturated heterocycles. The summed E-state index contributed by atoms with van der Waals surface area (Å²) in [5, 5.41) is 5.52. The molecule has 3 aromatic rings. The van der Waals surface area contributed by atoms with Crippen LogP contribution in [-0.2, 0) is 21.2 Å². The summed E-state index contributed by atoms with van der Waals surface area (Å²) < 4.78 is 25.8. The smallest absolute Gasteiger partial charge is 0.242 e. The number of aryl methyl sites for hydroxylation is 1. The summed E-state index contributed by atoms with van der Waals surface area (Å²) in [5.41, 5.74) is 2.95. The molecule has 1 amide bonds. The number of hydrogen-bond donors (Lipinski definition) is 1. The van der Waals surface area contributed by atoms with E-state index in [1.54, 1.807) is 6.07 Å². The summed E-state index contributed by atoms with van der Waals surface area (Å²) in [6.07, 6.45) is 0.118. The van der Waals surface area contributed by atoms with E-state index in [2.05, 4.69) is 10.3 Å². The van der Waals surface area contributed by atoms with Gasteiger partial charge in [-0.1, -0.05) is 36.4 Å². The van der Waals surface area contributed by atoms with E-state index in [4.69, 9.17) is 0 Å². The number of nitrogens with zero attached hydrogens (tertiary/aromatic N) is 2. The Hall–Kier alpha value is -2.55. The molecule has 3 rings (SSSR count). The average molecular weight is 416 g/mol. The predicted octanol–water partition coefficient (Wildman–Crippen LogP) is 3.55. The van der Waals surface area contributed by atoms with Gasteiger partial charge in [0.1, 0.15) is 5.01 Å². The molecule has 0 bridgehead atoms. The first-order chi connectivity index (χ1) is 13.3. The average Bonchev–Trinajstić information content (AvgIpc) is 3.12. The third-order valence-corrected chi connectivity index (χ3v) is 6.93. The molecule has 1 aromatic heterocycles. The molecule has 0 saturated carbocycles. The Morgan fingerprint density at radius 2 is 1.86 bits per heavy atom. The van der Waals surface area contributed by atoms with Crippen LogP contribution in [-0.4, -0.2) is 37.7 Å². The van der Waals surface area contributed by atoms with Gasteiger partial charge in [-0.3, -0.25) is 4.79 Å². The van der Waals surface area contributed by atoms with Crippen molar-refractivity contribution < 1.29 is 13.2 Å². The van der Waals surface area contributed by atoms with Crippen molar-refractivity contribution in [3.05, 3.63) is 65.2 Å². The van der Waals surface area contributed by atoms with E-state index in [9.17, 15) is 13.2 Å². The molecular formula is C20H21N3O3S2. The van der Waals surface area contributed by atoms with Crippen LogP contribution in [0.4, 0.5) is 5.69 Å². The lowest BCUT2D eigenvalue weighted by Crippen LogP contribution is -2.22. The highest BCUT2D eigenvalue weighted by Gasteiger charge is 2.19. The van der Waals surface area contributed by atoms with Gasteiger partial charge in [-0.2, -0.15) is 0 Å². The van der Waals surface area contributed by atoms with Crippen molar-refractivity contribution in [2.75, 3.05) is 19.4 Å². The Labute approximate surface area is 168 Å². The summed E-state index contributed by atoms with van der Waals surface area (Å²) in [4.78, 5) is 17.1. The molecule has 0 aliphatic rings. The molecular weight excluding hydrogens is 394 g/mol. The van der Waals surface area contributed by atoms with Crippen molar-refractivity contribution in [2.24, 2.45) is 0 Å². The molecule has 0 atom stereocenters. The van der Waals surface area contributed by atoms with Gasteiger partial charge < -0.3 is 5.32 Å². The number of sulfonamides is 1. The summed E-state index contributed by atoms with van der Waals surface area (Å²) in [7, 11) is -0.622. The van der Waals surface area contributed by atoms with Crippen molar-refractivity contribution in [1.82, 2.24) is 9.29 Å². The van der Waals surface area contributed by atoms with E-state index >= 15 is 0 Å². The monoisotopic (exact) mass is 415 g/mol. The quantitative estimate of drug-likeness (QED) is 0.668. The minimum atomic E-state index is -3.57. The van der Waals surface area contributed by atoms with E-state index in [0.29, 0.717) is 11.4 Å². The third kappa shape index (κ3) is 4.46. The Balaban J connectivity index is 1.74. The zero-order valence-corrected chi connectivity index (χ0v) is 17.5. The summed E-state index contributed by atoms with van der Waals surface area (Å²) in [6, 6.07) is 14.5. The molecule has 0 radical (unpaired) electrons. The van der Waals surface area contributed by atoms with E-state index in [1.807, 2.05) is 42.6 Å². The zero-order chi connectivity index (χ0) is 20.3. The zero-order valence-electron chi connectivity index (χ0n) is 15.8. The molecule has 8 heteroatoms. The van der Waals surface area contributed by atoms with Crippen molar-refractivity contribution in [3.8, 4) is 10.6 Å². The fraction of sp³-hybridized carbons (Fsp3) is 0.200. The predicted molar refractivity (Wildman–Crippen MR) is 112 cm³/mol. The van der Waals surface area contributed by atoms with Gasteiger partial charge in [-0.25, -0.2) is 17.7 Å². The summed E-state index contributed by atoms with van der Waals surface area (Å²) in [6.45, 7) is 1.82. The second-order valence-corrected chi connectivity index (χ2v) is 9.51. The van der Waals surface area contributed by atoms with Gasteiger partial charge >= 0.3 is 0 Å².